The minimum atomic E-state index is -0.908. The van der Waals surface area contributed by atoms with Crippen LogP contribution in [0.2, 0.25) is 0 Å². The van der Waals surface area contributed by atoms with Crippen molar-refractivity contribution >= 4 is 23.1 Å². The van der Waals surface area contributed by atoms with Gasteiger partial charge in [0.05, 0.1) is 52.3 Å². The van der Waals surface area contributed by atoms with Gasteiger partial charge in [-0.2, -0.15) is 0 Å². The van der Waals surface area contributed by atoms with E-state index in [2.05, 4.69) is 4.98 Å². The number of quaternary nitrogens is 1. The molecule has 190 valence electrons. The molecule has 0 aliphatic carbocycles. The molecule has 4 rings (SSSR count). The van der Waals surface area contributed by atoms with Crippen LogP contribution >= 0.6 is 0 Å². The van der Waals surface area contributed by atoms with Gasteiger partial charge in [-0.3, -0.25) is 9.59 Å². The number of ether oxygens (including phenoxy) is 2. The van der Waals surface area contributed by atoms with Gasteiger partial charge in [0.15, 0.2) is 0 Å². The second kappa shape index (κ2) is 10.0. The number of amides is 1. The quantitative estimate of drug-likeness (QED) is 0.283. The van der Waals surface area contributed by atoms with Crippen LogP contribution in [0, 0.1) is 13.8 Å². The Labute approximate surface area is 210 Å². The maximum Gasteiger partial charge on any atom is 0.295 e. The summed E-state index contributed by atoms with van der Waals surface area (Å²) in [6.45, 7) is 4.77. The highest BCUT2D eigenvalue weighted by molar-refractivity contribution is 6.46. The lowest BCUT2D eigenvalue weighted by Crippen LogP contribution is -3.05. The van der Waals surface area contributed by atoms with E-state index >= 15 is 0 Å². The molecule has 1 amide bonds. The van der Waals surface area contributed by atoms with Crippen molar-refractivity contribution in [3.63, 3.8) is 0 Å². The second-order valence-electron chi connectivity index (χ2n) is 9.32. The van der Waals surface area contributed by atoms with E-state index in [1.807, 2.05) is 33.2 Å². The number of imidazole rings is 1. The first kappa shape index (κ1) is 25.2. The SMILES string of the molecule is COc1ccc(OC)c(C2/C(=C(\[O-])c3c(C)nc4c(C)cccn34)C(=O)C(=O)N2CCC[NH+](C)C)c1. The van der Waals surface area contributed by atoms with Crippen molar-refractivity contribution in [1.82, 2.24) is 14.3 Å². The summed E-state index contributed by atoms with van der Waals surface area (Å²) in [5.41, 5.74) is 2.73. The molecule has 0 spiro atoms. The summed E-state index contributed by atoms with van der Waals surface area (Å²) < 4.78 is 12.7. The monoisotopic (exact) mass is 492 g/mol. The molecule has 1 unspecified atom stereocenters. The van der Waals surface area contributed by atoms with Crippen molar-refractivity contribution < 1.29 is 29.1 Å². The van der Waals surface area contributed by atoms with E-state index in [0.29, 0.717) is 41.4 Å². The Morgan fingerprint density at radius 2 is 1.89 bits per heavy atom. The summed E-state index contributed by atoms with van der Waals surface area (Å²) in [6, 6.07) is 8.00. The van der Waals surface area contributed by atoms with Crippen LogP contribution in [0.4, 0.5) is 0 Å². The van der Waals surface area contributed by atoms with Gasteiger partial charge in [-0.1, -0.05) is 11.8 Å². The van der Waals surface area contributed by atoms with Gasteiger partial charge < -0.3 is 28.8 Å². The number of benzene rings is 1. The van der Waals surface area contributed by atoms with Crippen LogP contribution in [-0.2, 0) is 9.59 Å². The summed E-state index contributed by atoms with van der Waals surface area (Å²) in [6.07, 6.45) is 2.41. The van der Waals surface area contributed by atoms with Crippen LogP contribution in [0.5, 0.6) is 11.5 Å². The number of fused-ring (bicyclic) bond motifs is 1. The number of methoxy groups -OCH3 is 2. The molecule has 9 heteroatoms. The summed E-state index contributed by atoms with van der Waals surface area (Å²) in [4.78, 5) is 34.0. The molecule has 2 aromatic heterocycles. The maximum atomic E-state index is 14.1. The number of hydrogen-bond acceptors (Lipinski definition) is 6. The van der Waals surface area contributed by atoms with Gasteiger partial charge >= 0.3 is 0 Å². The molecule has 1 N–H and O–H groups in total. The van der Waals surface area contributed by atoms with Crippen molar-refractivity contribution in [3.05, 3.63) is 64.6 Å². The fraction of sp³-hybridized carbons (Fsp3) is 0.370. The molecule has 1 aromatic carbocycles. The van der Waals surface area contributed by atoms with Crippen LogP contribution < -0.4 is 19.5 Å². The van der Waals surface area contributed by atoms with Gasteiger partial charge in [0.2, 0.25) is 5.78 Å². The largest absolute Gasteiger partial charge is 0.871 e. The normalized spacial score (nSPS) is 17.4. The lowest BCUT2D eigenvalue weighted by Gasteiger charge is -2.29. The number of pyridine rings is 1. The lowest BCUT2D eigenvalue weighted by molar-refractivity contribution is -0.858. The number of rotatable bonds is 8. The van der Waals surface area contributed by atoms with E-state index in [-0.39, 0.29) is 11.3 Å². The summed E-state index contributed by atoms with van der Waals surface area (Å²) in [5, 5.41) is 14.1. The number of carbonyl (C=O) groups is 2. The van der Waals surface area contributed by atoms with Crippen molar-refractivity contribution in [3.8, 4) is 11.5 Å². The Morgan fingerprint density at radius 3 is 2.56 bits per heavy atom. The van der Waals surface area contributed by atoms with Gasteiger partial charge in [0.25, 0.3) is 5.91 Å². The average molecular weight is 493 g/mol. The van der Waals surface area contributed by atoms with E-state index < -0.39 is 23.5 Å². The van der Waals surface area contributed by atoms with Gasteiger partial charge in [0.1, 0.15) is 17.1 Å². The van der Waals surface area contributed by atoms with E-state index in [9.17, 15) is 14.7 Å². The Balaban J connectivity index is 1.96. The molecular formula is C27H32N4O5. The average Bonchev–Trinajstić information content (AvgIpc) is 3.32. The Hall–Kier alpha value is -3.85. The summed E-state index contributed by atoms with van der Waals surface area (Å²) in [7, 11) is 7.10. The third-order valence-electron chi connectivity index (χ3n) is 6.57. The van der Waals surface area contributed by atoms with Crippen molar-refractivity contribution in [2.24, 2.45) is 0 Å². The van der Waals surface area contributed by atoms with Crippen LogP contribution in [-0.4, -0.2) is 67.4 Å². The molecule has 3 heterocycles. The predicted octanol–water partition coefficient (Wildman–Crippen LogP) is 0.727. The van der Waals surface area contributed by atoms with Crippen LogP contribution in [0.3, 0.4) is 0 Å². The zero-order chi connectivity index (χ0) is 26.1. The first-order chi connectivity index (χ1) is 17.2. The molecule has 1 atom stereocenters. The highest BCUT2D eigenvalue weighted by atomic mass is 16.5. The zero-order valence-corrected chi connectivity index (χ0v) is 21.5. The number of nitrogens with zero attached hydrogens (tertiary/aromatic N) is 3. The van der Waals surface area contributed by atoms with Crippen LogP contribution in [0.25, 0.3) is 11.4 Å². The minimum Gasteiger partial charge on any atom is -0.871 e. The third-order valence-corrected chi connectivity index (χ3v) is 6.57. The Kier molecular flexibility index (Phi) is 7.03. The Morgan fingerprint density at radius 1 is 1.14 bits per heavy atom. The van der Waals surface area contributed by atoms with Crippen molar-refractivity contribution in [2.75, 3.05) is 41.4 Å². The second-order valence-corrected chi connectivity index (χ2v) is 9.32. The number of aryl methyl sites for hydroxylation is 2. The fourth-order valence-corrected chi connectivity index (χ4v) is 4.80. The lowest BCUT2D eigenvalue weighted by atomic mass is 9.95. The molecule has 0 radical (unpaired) electrons. The number of Topliss-reactive ketones (excluding diaryl/α,β-unsaturated/α-hetero) is 1. The predicted molar refractivity (Wildman–Crippen MR) is 133 cm³/mol. The molecule has 1 saturated heterocycles. The highest BCUT2D eigenvalue weighted by Crippen LogP contribution is 2.43. The first-order valence-corrected chi connectivity index (χ1v) is 11.9. The van der Waals surface area contributed by atoms with Crippen molar-refractivity contribution in [2.45, 2.75) is 26.3 Å². The molecule has 0 bridgehead atoms. The summed E-state index contributed by atoms with van der Waals surface area (Å²) >= 11 is 0. The van der Waals surface area contributed by atoms with Crippen molar-refractivity contribution in [1.29, 1.82) is 0 Å². The van der Waals surface area contributed by atoms with Crippen LogP contribution in [0.1, 0.15) is 35.0 Å². The number of carbonyl (C=O) groups excluding carboxylic acids is 2. The zero-order valence-electron chi connectivity index (χ0n) is 21.5. The first-order valence-electron chi connectivity index (χ1n) is 11.9. The Bertz CT molecular complexity index is 1360. The maximum absolute atomic E-state index is 14.1. The van der Waals surface area contributed by atoms with Crippen LogP contribution in [0.15, 0.2) is 42.1 Å². The fourth-order valence-electron chi connectivity index (χ4n) is 4.80. The third kappa shape index (κ3) is 4.30. The number of likely N-dealkylation sites (tertiary alicyclic amines) is 1. The van der Waals surface area contributed by atoms with Gasteiger partial charge in [-0.25, -0.2) is 4.98 Å². The molecular weight excluding hydrogens is 460 g/mol. The molecule has 1 fully saturated rings. The molecule has 0 saturated carbocycles. The number of ketones is 1. The molecule has 9 nitrogen and oxygen atoms in total. The van der Waals surface area contributed by atoms with E-state index in [0.717, 1.165) is 12.1 Å². The van der Waals surface area contributed by atoms with E-state index in [1.54, 1.807) is 35.7 Å². The summed E-state index contributed by atoms with van der Waals surface area (Å²) in [5.74, 6) is -1.01. The topological polar surface area (TPSA) is 101 Å². The smallest absolute Gasteiger partial charge is 0.295 e. The molecule has 36 heavy (non-hydrogen) atoms. The number of hydrogen-bond donors (Lipinski definition) is 1. The standard InChI is InChI=1S/C27H32N4O5/c1-16-9-7-13-30-22(17(2)28-26(16)30)24(32)21-23(19-15-18(35-5)10-11-20(19)36-6)31(27(34)25(21)33)14-8-12-29(3)4/h7,9-11,13,15,23,32H,8,12,14H2,1-6H3/b24-21+. The molecule has 1 aliphatic rings. The van der Waals surface area contributed by atoms with Gasteiger partial charge in [-0.05, 0) is 43.7 Å². The molecule has 3 aromatic rings. The highest BCUT2D eigenvalue weighted by Gasteiger charge is 2.45. The van der Waals surface area contributed by atoms with Gasteiger partial charge in [-0.15, -0.1) is 0 Å². The van der Waals surface area contributed by atoms with Gasteiger partial charge in [0, 0.05) is 30.3 Å². The molecule has 1 aliphatic heterocycles. The van der Waals surface area contributed by atoms with E-state index in [1.165, 1.54) is 24.0 Å². The minimum absolute atomic E-state index is 0.102. The number of nitrogens with one attached hydrogen (secondary N) is 1. The van der Waals surface area contributed by atoms with E-state index in [4.69, 9.17) is 9.47 Å². The number of aromatic nitrogens is 2.